The molecule has 0 unspecified atom stereocenters. The Bertz CT molecular complexity index is 2080. The summed E-state index contributed by atoms with van der Waals surface area (Å²) in [6, 6.07) is -2.01. The van der Waals surface area contributed by atoms with Crippen molar-refractivity contribution in [1.82, 2.24) is 10.2 Å². The molecule has 2 bridgehead atoms. The second kappa shape index (κ2) is 36.3. The molecule has 1 amide bonds. The van der Waals surface area contributed by atoms with Crippen LogP contribution in [0.15, 0.2) is 47.6 Å². The van der Waals surface area contributed by atoms with Gasteiger partial charge in [0.2, 0.25) is 5.79 Å². The Morgan fingerprint density at radius 2 is 1.49 bits per heavy atom. The van der Waals surface area contributed by atoms with Crippen LogP contribution in [-0.4, -0.2) is 203 Å². The average molecular weight is 1170 g/mol. The van der Waals surface area contributed by atoms with Gasteiger partial charge in [-0.05, 0) is 113 Å². The highest BCUT2D eigenvalue weighted by Crippen LogP contribution is 2.37. The summed E-state index contributed by atoms with van der Waals surface area (Å²) in [6.45, 7) is 14.5. The predicted octanol–water partition coefficient (Wildman–Crippen LogP) is 5.26. The van der Waals surface area contributed by atoms with Crippen molar-refractivity contribution in [1.29, 1.82) is 0 Å². The summed E-state index contributed by atoms with van der Waals surface area (Å²) < 4.78 is 57.6. The monoisotopic (exact) mass is 1170 g/mol. The van der Waals surface area contributed by atoms with Crippen molar-refractivity contribution in [3.63, 3.8) is 0 Å². The van der Waals surface area contributed by atoms with Gasteiger partial charge in [0.1, 0.15) is 30.5 Å². The summed E-state index contributed by atoms with van der Waals surface area (Å²) in [6.07, 6.45) is 9.70. The Kier molecular flexibility index (Phi) is 31.4. The lowest BCUT2D eigenvalue weighted by Crippen LogP contribution is -2.61. The van der Waals surface area contributed by atoms with Crippen LogP contribution in [0.3, 0.4) is 0 Å². The first-order chi connectivity index (χ1) is 38.7. The molecule has 3 fully saturated rings. The van der Waals surface area contributed by atoms with Crippen LogP contribution in [-0.2, 0) is 66.5 Å². The number of nitrogens with zero attached hydrogens (tertiary/aromatic N) is 1. The molecule has 3 aliphatic heterocycles. The zero-order valence-electron chi connectivity index (χ0n) is 50.0. The number of piperidine rings is 1. The number of aliphatic hydroxyl groups is 3. The van der Waals surface area contributed by atoms with Crippen LogP contribution in [0.1, 0.15) is 119 Å². The molecular weight excluding hydrogens is 1070 g/mol. The highest BCUT2D eigenvalue weighted by molar-refractivity contribution is 7.80. The molecule has 2 saturated heterocycles. The lowest BCUT2D eigenvalue weighted by atomic mass is 9.80. The number of allylic oxidation sites excluding steroid dienone is 5. The van der Waals surface area contributed by atoms with E-state index in [1.165, 1.54) is 12.0 Å². The molecule has 462 valence electrons. The second-order valence-electron chi connectivity index (χ2n) is 22.6. The maximum atomic E-state index is 14.6. The number of carbonyl (C=O) groups is 4. The number of aliphatic hydroxyl groups excluding tert-OH is 2. The zero-order valence-corrected chi connectivity index (χ0v) is 50.8. The molecule has 0 radical (unpaired) electrons. The molecule has 0 aromatic heterocycles. The van der Waals surface area contributed by atoms with Gasteiger partial charge in [0.15, 0.2) is 5.78 Å². The van der Waals surface area contributed by atoms with Crippen molar-refractivity contribution in [3.8, 4) is 0 Å². The van der Waals surface area contributed by atoms with Gasteiger partial charge in [-0.2, -0.15) is 0 Å². The third kappa shape index (κ3) is 22.1. The third-order valence-electron chi connectivity index (χ3n) is 16.3. The number of thiocarbonyl (C=S) groups is 1. The number of rotatable bonds is 19. The number of hydrogen-bond acceptors (Lipinski definition) is 19. The fraction of sp³-hybridized carbons (Fsp3) is 0.783. The summed E-state index contributed by atoms with van der Waals surface area (Å²) in [5.74, 6) is -7.57. The van der Waals surface area contributed by atoms with Crippen molar-refractivity contribution in [2.75, 3.05) is 87.8 Å². The van der Waals surface area contributed by atoms with E-state index >= 15 is 0 Å². The van der Waals surface area contributed by atoms with E-state index in [2.05, 4.69) is 5.32 Å². The molecule has 4 aliphatic rings. The SMILES string of the molecule is COCCOCCOCCOCCNC(=S)O[C@@H]1CC[C@@H](C[C@@H](N)[C@@H]2C[C@@H](O)[C@H](C)/C=C(\C)[C@@H](O)[C@@H](OC)C(=O)[C@H](C)C[C@H](C)/C=C/C=C/C=C(\C)[C@@H](OC)C[C@@H]3CC[C@@H](C)[C@@](O)(O3)C(=O)C(=O)N3CCCC[C@H]3C(=O)O2)C[C@H]1OC. The van der Waals surface area contributed by atoms with E-state index in [0.29, 0.717) is 123 Å². The highest BCUT2D eigenvalue weighted by Gasteiger charge is 2.53. The van der Waals surface area contributed by atoms with Crippen molar-refractivity contribution in [3.05, 3.63) is 47.6 Å². The van der Waals surface area contributed by atoms with Crippen LogP contribution in [0.5, 0.6) is 0 Å². The van der Waals surface area contributed by atoms with E-state index in [-0.39, 0.29) is 54.4 Å². The summed E-state index contributed by atoms with van der Waals surface area (Å²) in [5.41, 5.74) is 8.34. The third-order valence-corrected chi connectivity index (χ3v) is 16.6. The second-order valence-corrected chi connectivity index (χ2v) is 23.0. The average Bonchev–Trinajstić information content (AvgIpc) is 3.56. The smallest absolute Gasteiger partial charge is 0.329 e. The topological polar surface area (TPSA) is 263 Å². The van der Waals surface area contributed by atoms with Gasteiger partial charge in [-0.25, -0.2) is 4.79 Å². The molecule has 1 aliphatic carbocycles. The molecule has 1 saturated carbocycles. The normalized spacial score (nSPS) is 35.6. The van der Waals surface area contributed by atoms with Crippen molar-refractivity contribution in [2.24, 2.45) is 35.3 Å². The van der Waals surface area contributed by atoms with E-state index in [0.717, 1.165) is 5.57 Å². The molecule has 0 aromatic rings. The molecule has 81 heavy (non-hydrogen) atoms. The summed E-state index contributed by atoms with van der Waals surface area (Å²) >= 11 is 5.53. The fourth-order valence-corrected chi connectivity index (χ4v) is 11.5. The quantitative estimate of drug-likeness (QED) is 0.0363. The summed E-state index contributed by atoms with van der Waals surface area (Å²) in [4.78, 5) is 58.4. The number of fused-ring (bicyclic) bond motifs is 3. The minimum atomic E-state index is -2.46. The minimum Gasteiger partial charge on any atom is -0.465 e. The lowest BCUT2D eigenvalue weighted by Gasteiger charge is -2.43. The molecule has 3 heterocycles. The first kappa shape index (κ1) is 69.9. The van der Waals surface area contributed by atoms with Crippen LogP contribution in [0.2, 0.25) is 0 Å². The predicted molar refractivity (Wildman–Crippen MR) is 309 cm³/mol. The Labute approximate surface area is 487 Å². The van der Waals surface area contributed by atoms with Gasteiger partial charge < -0.3 is 78.6 Å². The number of nitrogens with one attached hydrogen (secondary N) is 1. The highest BCUT2D eigenvalue weighted by atomic mass is 32.1. The summed E-state index contributed by atoms with van der Waals surface area (Å²) in [7, 11) is 6.19. The number of amides is 1. The number of cyclic esters (lactones) is 1. The maximum absolute atomic E-state index is 14.6. The molecule has 6 N–H and O–H groups in total. The van der Waals surface area contributed by atoms with E-state index < -0.39 is 89.9 Å². The Balaban J connectivity index is 1.55. The number of ketones is 2. The van der Waals surface area contributed by atoms with Crippen LogP contribution >= 0.6 is 12.2 Å². The molecule has 21 heteroatoms. The lowest BCUT2D eigenvalue weighted by molar-refractivity contribution is -0.265. The van der Waals surface area contributed by atoms with Crippen LogP contribution in [0.4, 0.5) is 0 Å². The number of esters is 1. The number of nitrogens with two attached hydrogens (primary N) is 1. The number of methoxy groups -OCH3 is 4. The van der Waals surface area contributed by atoms with Crippen LogP contribution in [0, 0.1) is 29.6 Å². The molecule has 0 spiro atoms. The standard InChI is InChI=1S/C60H99N3O17S/c1-38-16-12-11-13-17-39(2)50(72-8)36-45-21-19-43(6)60(70,80-45)56(67)57(68)63-24-15-14-18-47(63)58(69)78-51(37-48(64)40(3)33-42(5)54(66)55(74-10)53(65)41(4)32-38)46(61)34-44-20-22-49(52(35-44)73-9)79-59(81)62-23-25-75-28-29-77-31-30-76-27-26-71-7/h11-13,16-17,33,38,40-41,43-52,54-55,64,66,70H,14-15,18-32,34-37,61H2,1-10H3,(H,62,81)/b13-11+,16-12+,39-17+,42-33+/t38-,40-,41-,43-,44+,45+,46-,47+,48-,49-,50+,51+,52-,54-,55+,60-/m1/s1. The minimum absolute atomic E-state index is 0.00523. The van der Waals surface area contributed by atoms with Gasteiger partial charge in [0, 0.05) is 78.2 Å². The van der Waals surface area contributed by atoms with Crippen molar-refractivity contribution in [2.45, 2.75) is 185 Å². The molecule has 0 aromatic carbocycles. The molecule has 20 nitrogen and oxygen atoms in total. The fourth-order valence-electron chi connectivity index (χ4n) is 11.2. The van der Waals surface area contributed by atoms with E-state index in [1.807, 2.05) is 51.2 Å². The van der Waals surface area contributed by atoms with Crippen LogP contribution in [0.25, 0.3) is 0 Å². The van der Waals surface area contributed by atoms with Gasteiger partial charge in [0.25, 0.3) is 16.9 Å². The van der Waals surface area contributed by atoms with Gasteiger partial charge >= 0.3 is 5.97 Å². The number of ether oxygens (including phenoxy) is 10. The maximum Gasteiger partial charge on any atom is 0.329 e. The Hall–Kier alpha value is -3.55. The van der Waals surface area contributed by atoms with Crippen molar-refractivity contribution >= 4 is 40.8 Å². The van der Waals surface area contributed by atoms with Gasteiger partial charge in [0.05, 0.1) is 70.7 Å². The number of carbonyl (C=O) groups excluding carboxylic acids is 4. The van der Waals surface area contributed by atoms with Gasteiger partial charge in [-0.1, -0.05) is 64.2 Å². The Morgan fingerprint density at radius 1 is 0.802 bits per heavy atom. The summed E-state index contributed by atoms with van der Waals surface area (Å²) in [5, 5.41) is 38.9. The number of Topliss-reactive ketones (excluding diaryl/α,β-unsaturated/α-hetero) is 2. The van der Waals surface area contributed by atoms with Crippen molar-refractivity contribution < 1.29 is 81.9 Å². The number of hydrogen-bond donors (Lipinski definition) is 5. The molecular formula is C60H99N3O17S. The first-order valence-electron chi connectivity index (χ1n) is 29.3. The van der Waals surface area contributed by atoms with Gasteiger partial charge in [-0.15, -0.1) is 0 Å². The Morgan fingerprint density at radius 3 is 2.16 bits per heavy atom. The zero-order chi connectivity index (χ0) is 59.6. The van der Waals surface area contributed by atoms with E-state index in [9.17, 15) is 34.5 Å². The van der Waals surface area contributed by atoms with E-state index in [4.69, 9.17) is 65.3 Å². The van der Waals surface area contributed by atoms with E-state index in [1.54, 1.807) is 48.2 Å². The largest absolute Gasteiger partial charge is 0.465 e. The van der Waals surface area contributed by atoms with Gasteiger partial charge in [-0.3, -0.25) is 14.4 Å². The van der Waals surface area contributed by atoms with Crippen LogP contribution < -0.4 is 11.1 Å². The molecule has 4 rings (SSSR count). The first-order valence-corrected chi connectivity index (χ1v) is 29.7. The molecule has 16 atom stereocenters.